The lowest BCUT2D eigenvalue weighted by atomic mass is 10.1. The molecule has 314 valence electrons. The molecule has 17 heteroatoms. The summed E-state index contributed by atoms with van der Waals surface area (Å²) in [7, 11) is -2.35. The SMILES string of the molecule is CCN(CCCS(=O)(=O)[O-])c1ccc2nc3ccc(=[N+](C)CCC(=O)NCCc4c[nH]c5ccc(C(N)=O)cc45)cc-3oc2c1.NCCc1c[nH]c2ccc(C(N)=O)cc12. The average Bonchev–Trinajstić information content (AvgIpc) is 3.83. The van der Waals surface area contributed by atoms with Gasteiger partial charge in [0.25, 0.3) is 0 Å². The van der Waals surface area contributed by atoms with Crippen LogP contribution in [-0.2, 0) is 27.8 Å². The van der Waals surface area contributed by atoms with E-state index in [1.54, 1.807) is 24.3 Å². The lowest BCUT2D eigenvalue weighted by molar-refractivity contribution is -0.121. The van der Waals surface area contributed by atoms with E-state index in [9.17, 15) is 27.4 Å². The number of nitrogens with zero attached hydrogens (tertiary/aromatic N) is 3. The number of anilines is 1. The summed E-state index contributed by atoms with van der Waals surface area (Å²) in [5.41, 5.74) is 23.9. The third kappa shape index (κ3) is 10.7. The fourth-order valence-electron chi connectivity index (χ4n) is 6.99. The molecule has 9 N–H and O–H groups in total. The fourth-order valence-corrected chi connectivity index (χ4v) is 7.48. The number of hydrogen-bond acceptors (Lipinski definition) is 10. The molecule has 16 nitrogen and oxygen atoms in total. The molecule has 2 aromatic heterocycles. The monoisotopic (exact) mass is 835 g/mol. The van der Waals surface area contributed by atoms with E-state index in [2.05, 4.69) is 15.3 Å². The van der Waals surface area contributed by atoms with Crippen molar-refractivity contribution in [1.82, 2.24) is 24.8 Å². The maximum absolute atomic E-state index is 12.6. The smallest absolute Gasteiger partial charge is 0.248 e. The van der Waals surface area contributed by atoms with Gasteiger partial charge >= 0.3 is 0 Å². The Morgan fingerprint density at radius 1 is 0.883 bits per heavy atom. The number of rotatable bonds is 16. The van der Waals surface area contributed by atoms with Gasteiger partial charge in [0.05, 0.1) is 22.6 Å². The zero-order chi connectivity index (χ0) is 43.0. The summed E-state index contributed by atoms with van der Waals surface area (Å²) in [6, 6.07) is 22.0. The van der Waals surface area contributed by atoms with E-state index in [1.165, 1.54) is 0 Å². The van der Waals surface area contributed by atoms with Gasteiger partial charge in [-0.15, -0.1) is 0 Å². The van der Waals surface area contributed by atoms with E-state index < -0.39 is 27.7 Å². The van der Waals surface area contributed by atoms with Gasteiger partial charge in [-0.2, -0.15) is 0 Å². The van der Waals surface area contributed by atoms with Crippen molar-refractivity contribution in [2.45, 2.75) is 32.6 Å². The van der Waals surface area contributed by atoms with E-state index in [-0.39, 0.29) is 12.3 Å². The molecule has 60 heavy (non-hydrogen) atoms. The Kier molecular flexibility index (Phi) is 13.6. The predicted octanol–water partition coefficient (Wildman–Crippen LogP) is 3.19. The Hall–Kier alpha value is -6.56. The van der Waals surface area contributed by atoms with Crippen molar-refractivity contribution >= 4 is 66.4 Å². The second-order valence-corrected chi connectivity index (χ2v) is 15.9. The zero-order valence-corrected chi connectivity index (χ0v) is 34.3. The topological polar surface area (TPSA) is 262 Å². The molecule has 3 aromatic carbocycles. The van der Waals surface area contributed by atoms with E-state index in [4.69, 9.17) is 26.6 Å². The van der Waals surface area contributed by atoms with E-state index in [0.717, 1.165) is 50.4 Å². The fraction of sp³-hybridized carbons (Fsp3) is 0.279. The Morgan fingerprint density at radius 3 is 2.13 bits per heavy atom. The van der Waals surface area contributed by atoms with Gasteiger partial charge in [0, 0.05) is 88.5 Å². The lowest BCUT2D eigenvalue weighted by Crippen LogP contribution is -2.32. The van der Waals surface area contributed by atoms with Gasteiger partial charge in [0.1, 0.15) is 18.3 Å². The second-order valence-electron chi connectivity index (χ2n) is 14.4. The summed E-state index contributed by atoms with van der Waals surface area (Å²) in [6.45, 7) is 4.55. The maximum Gasteiger partial charge on any atom is 0.248 e. The van der Waals surface area contributed by atoms with Crippen molar-refractivity contribution in [3.8, 4) is 11.5 Å². The minimum absolute atomic E-state index is 0.0708. The molecule has 0 saturated carbocycles. The number of amides is 3. The van der Waals surface area contributed by atoms with Crippen molar-refractivity contribution in [3.05, 3.63) is 113 Å². The van der Waals surface area contributed by atoms with Crippen LogP contribution in [-0.4, -0.2) is 91.2 Å². The van der Waals surface area contributed by atoms with Crippen LogP contribution in [0.1, 0.15) is 51.6 Å². The number of fused-ring (bicyclic) bond motifs is 4. The first kappa shape index (κ1) is 43.0. The molecule has 0 radical (unpaired) electrons. The van der Waals surface area contributed by atoms with Crippen LogP contribution >= 0.6 is 0 Å². The first-order valence-corrected chi connectivity index (χ1v) is 21.1. The normalized spacial score (nSPS) is 12.1. The first-order chi connectivity index (χ1) is 28.7. The molecule has 1 aliphatic heterocycles. The number of hydrogen-bond donors (Lipinski definition) is 6. The molecule has 0 spiro atoms. The molecule has 3 heterocycles. The van der Waals surface area contributed by atoms with Crippen LogP contribution in [0.3, 0.4) is 0 Å². The number of aromatic amines is 2. The summed E-state index contributed by atoms with van der Waals surface area (Å²) in [5.74, 6) is -0.773. The molecule has 0 atom stereocenters. The summed E-state index contributed by atoms with van der Waals surface area (Å²) in [5, 5.41) is 5.78. The molecule has 7 rings (SSSR count). The van der Waals surface area contributed by atoms with Crippen LogP contribution in [0.4, 0.5) is 5.69 Å². The molecule has 5 aromatic rings. The molecule has 2 aliphatic rings. The largest absolute Gasteiger partial charge is 0.748 e. The van der Waals surface area contributed by atoms with E-state index >= 15 is 0 Å². The van der Waals surface area contributed by atoms with Crippen LogP contribution in [0.5, 0.6) is 0 Å². The number of carbonyl (C=O) groups is 3. The van der Waals surface area contributed by atoms with Crippen LogP contribution in [0.15, 0.2) is 89.6 Å². The van der Waals surface area contributed by atoms with Gasteiger partial charge in [-0.05, 0) is 98.5 Å². The van der Waals surface area contributed by atoms with Crippen LogP contribution in [0.25, 0.3) is 44.4 Å². The number of aromatic nitrogens is 3. The average molecular weight is 836 g/mol. The Labute approximate surface area is 346 Å². The number of carbonyl (C=O) groups excluding carboxylic acids is 3. The molecule has 0 saturated heterocycles. The van der Waals surface area contributed by atoms with Gasteiger partial charge < -0.3 is 46.4 Å². The summed E-state index contributed by atoms with van der Waals surface area (Å²) >= 11 is 0. The molecule has 0 fully saturated rings. The number of nitrogens with two attached hydrogens (primary N) is 3. The highest BCUT2D eigenvalue weighted by molar-refractivity contribution is 7.85. The molecule has 0 bridgehead atoms. The Balaban J connectivity index is 0.000000336. The lowest BCUT2D eigenvalue weighted by Gasteiger charge is -2.23. The number of benzene rings is 4. The molecule has 0 unspecified atom stereocenters. The highest BCUT2D eigenvalue weighted by atomic mass is 32.2. The summed E-state index contributed by atoms with van der Waals surface area (Å²) in [4.78, 5) is 48.2. The highest BCUT2D eigenvalue weighted by Crippen LogP contribution is 2.27. The second kappa shape index (κ2) is 19.0. The molecule has 1 aliphatic carbocycles. The van der Waals surface area contributed by atoms with Crippen LogP contribution in [0.2, 0.25) is 0 Å². The zero-order valence-electron chi connectivity index (χ0n) is 33.5. The van der Waals surface area contributed by atoms with Gasteiger partial charge in [0.2, 0.25) is 23.1 Å². The Bertz CT molecular complexity index is 2830. The number of primary amides is 2. The molecule has 3 amide bonds. The van der Waals surface area contributed by atoms with Crippen molar-refractivity contribution < 1.29 is 31.8 Å². The maximum atomic E-state index is 12.6. The Morgan fingerprint density at radius 2 is 1.53 bits per heavy atom. The quantitative estimate of drug-likeness (QED) is 0.0471. The summed E-state index contributed by atoms with van der Waals surface area (Å²) in [6.07, 6.45) is 5.73. The molecular formula is C43H49N9O7S. The third-order valence-corrected chi connectivity index (χ3v) is 11.1. The van der Waals surface area contributed by atoms with Crippen LogP contribution in [0, 0.1) is 0 Å². The molecular weight excluding hydrogens is 787 g/mol. The van der Waals surface area contributed by atoms with Gasteiger partial charge in [0.15, 0.2) is 17.9 Å². The number of nitrogens with one attached hydrogen (secondary N) is 3. The van der Waals surface area contributed by atoms with Crippen molar-refractivity contribution in [3.63, 3.8) is 0 Å². The van der Waals surface area contributed by atoms with Gasteiger partial charge in [-0.25, -0.2) is 18.0 Å². The van der Waals surface area contributed by atoms with E-state index in [0.29, 0.717) is 79.2 Å². The van der Waals surface area contributed by atoms with Crippen molar-refractivity contribution in [1.29, 1.82) is 0 Å². The minimum Gasteiger partial charge on any atom is -0.748 e. The van der Waals surface area contributed by atoms with Gasteiger partial charge in [-0.3, -0.25) is 14.4 Å². The highest BCUT2D eigenvalue weighted by Gasteiger charge is 2.15. The van der Waals surface area contributed by atoms with Crippen molar-refractivity contribution in [2.75, 3.05) is 50.4 Å². The standard InChI is InChI=1S/C32H36N6O6S.C11H13N3O/c1-3-38(14-4-16-45(41,42)43)24-7-10-28-30(19-24)44-29-18-23(6-9-27(29)36-28)37(2)15-12-31(39)34-13-11-22-20-35-26-8-5-21(32(33)40)17-25(22)26;12-4-3-8-6-14-10-2-1-7(11(13)15)5-9(8)10/h5-10,17-20H,3-4,11-16H2,1-2H3,(H4-,33,34,35,39,40,41,42,43);1-2,5-6,14H,3-4,12H2,(H2,13,15). The predicted molar refractivity (Wildman–Crippen MR) is 231 cm³/mol. The van der Waals surface area contributed by atoms with E-state index in [1.807, 2.05) is 84.4 Å². The summed E-state index contributed by atoms with van der Waals surface area (Å²) < 4.78 is 41.2. The van der Waals surface area contributed by atoms with Crippen molar-refractivity contribution in [2.24, 2.45) is 17.2 Å². The van der Waals surface area contributed by atoms with Gasteiger partial charge in [-0.1, -0.05) is 0 Å². The minimum atomic E-state index is -4.26. The third-order valence-electron chi connectivity index (χ3n) is 10.3. The first-order valence-electron chi connectivity index (χ1n) is 19.6. The van der Waals surface area contributed by atoms with Crippen LogP contribution < -0.4 is 37.4 Å². The number of H-pyrrole nitrogens is 2.